The first-order valence-electron chi connectivity index (χ1n) is 11.8. The maximum Gasteiger partial charge on any atom is 0.256 e. The highest BCUT2D eigenvalue weighted by molar-refractivity contribution is 6.38. The number of rotatable bonds is 7. The van der Waals surface area contributed by atoms with Crippen LogP contribution in [0.4, 0.5) is 5.69 Å². The molecule has 196 valence electrons. The fourth-order valence-corrected chi connectivity index (χ4v) is 5.17. The number of phenolic OH excluding ortho intramolecular Hbond substituents is 1. The highest BCUT2D eigenvalue weighted by Crippen LogP contribution is 2.42. The predicted octanol–water partition coefficient (Wildman–Crippen LogP) is 5.88. The van der Waals surface area contributed by atoms with Crippen LogP contribution in [0.3, 0.4) is 0 Å². The monoisotopic (exact) mass is 534 g/mol. The van der Waals surface area contributed by atoms with E-state index in [4.69, 9.17) is 30.5 Å². The topological polar surface area (TPSA) is 91.2 Å². The van der Waals surface area contributed by atoms with E-state index in [-0.39, 0.29) is 11.7 Å². The molecule has 0 unspecified atom stereocenters. The summed E-state index contributed by atoms with van der Waals surface area (Å²) in [5, 5.41) is 14.1. The Morgan fingerprint density at radius 1 is 0.947 bits per heavy atom. The smallest absolute Gasteiger partial charge is 0.256 e. The fraction of sp³-hybridized carbons (Fsp3) is 0.207. The van der Waals surface area contributed by atoms with Crippen LogP contribution in [-0.2, 0) is 11.3 Å². The molecule has 2 heterocycles. The summed E-state index contributed by atoms with van der Waals surface area (Å²) in [6, 6.07) is 12.5. The molecule has 1 aliphatic rings. The molecule has 5 rings (SSSR count). The normalized spacial score (nSPS) is 13.5. The minimum Gasteiger partial charge on any atom is -0.508 e. The fourth-order valence-electron chi connectivity index (χ4n) is 4.86. The molecule has 38 heavy (non-hydrogen) atoms. The highest BCUT2D eigenvalue weighted by atomic mass is 35.5. The highest BCUT2D eigenvalue weighted by Gasteiger charge is 2.27. The number of phenols is 1. The quantitative estimate of drug-likeness (QED) is 0.227. The Kier molecular flexibility index (Phi) is 6.59. The first kappa shape index (κ1) is 25.4. The first-order valence-corrected chi connectivity index (χ1v) is 12.2. The Hall–Kier alpha value is -4.30. The average molecular weight is 535 g/mol. The van der Waals surface area contributed by atoms with Gasteiger partial charge in [0.05, 0.1) is 34.0 Å². The van der Waals surface area contributed by atoms with E-state index in [0.717, 1.165) is 22.0 Å². The number of amides is 1. The predicted molar refractivity (Wildman–Crippen MR) is 148 cm³/mol. The van der Waals surface area contributed by atoms with E-state index in [1.807, 2.05) is 35.8 Å². The van der Waals surface area contributed by atoms with Crippen molar-refractivity contribution in [1.82, 2.24) is 4.57 Å². The van der Waals surface area contributed by atoms with Gasteiger partial charge in [-0.3, -0.25) is 4.79 Å². The Bertz CT molecular complexity index is 1600. The maximum atomic E-state index is 12.9. The van der Waals surface area contributed by atoms with Crippen molar-refractivity contribution in [2.75, 3.05) is 33.8 Å². The van der Waals surface area contributed by atoms with Crippen molar-refractivity contribution >= 4 is 45.7 Å². The first-order chi connectivity index (χ1) is 18.3. The molecule has 0 saturated carbocycles. The van der Waals surface area contributed by atoms with Crippen LogP contribution in [0.5, 0.6) is 28.7 Å². The standard InChI is InChI=1S/C29H27ClN2O6/c1-15-8-23-19(13-24(15)35-2)20(12-21-18-11-17(33)6-7-22(18)31-29(21)34)28(30)32(23)14-16-9-25(36-3)27(38-5)26(10-16)37-4/h6-13,33H,14H2,1-5H3,(H,31,34)/b21-12+. The molecule has 0 radical (unpaired) electrons. The lowest BCUT2D eigenvalue weighted by molar-refractivity contribution is -0.110. The number of ether oxygens (including phenoxy) is 4. The molecular formula is C29H27ClN2O6. The number of methoxy groups -OCH3 is 4. The van der Waals surface area contributed by atoms with Crippen LogP contribution in [0.15, 0.2) is 42.5 Å². The molecule has 1 aromatic heterocycles. The van der Waals surface area contributed by atoms with Crippen molar-refractivity contribution in [3.05, 3.63) is 69.9 Å². The molecule has 1 aliphatic heterocycles. The van der Waals surface area contributed by atoms with Crippen LogP contribution in [0.2, 0.25) is 5.15 Å². The molecule has 9 heteroatoms. The number of anilines is 1. The molecular weight excluding hydrogens is 508 g/mol. The van der Waals surface area contributed by atoms with Gasteiger partial charge in [0.2, 0.25) is 5.75 Å². The molecule has 0 fully saturated rings. The third-order valence-electron chi connectivity index (χ3n) is 6.69. The zero-order chi connectivity index (χ0) is 27.1. The summed E-state index contributed by atoms with van der Waals surface area (Å²) in [6.07, 6.45) is 1.76. The van der Waals surface area contributed by atoms with Gasteiger partial charge < -0.3 is 33.9 Å². The third kappa shape index (κ3) is 4.16. The minimum absolute atomic E-state index is 0.0689. The zero-order valence-corrected chi connectivity index (χ0v) is 22.4. The van der Waals surface area contributed by atoms with E-state index in [1.165, 1.54) is 6.07 Å². The number of aryl methyl sites for hydroxylation is 1. The van der Waals surface area contributed by atoms with E-state index in [2.05, 4.69) is 5.32 Å². The molecule has 1 amide bonds. The summed E-state index contributed by atoms with van der Waals surface area (Å²) >= 11 is 7.05. The van der Waals surface area contributed by atoms with E-state index in [9.17, 15) is 9.90 Å². The molecule has 0 saturated heterocycles. The van der Waals surface area contributed by atoms with Gasteiger partial charge in [-0.1, -0.05) is 11.6 Å². The number of halogens is 1. The summed E-state index contributed by atoms with van der Waals surface area (Å²) in [6.45, 7) is 2.36. The van der Waals surface area contributed by atoms with E-state index >= 15 is 0 Å². The number of fused-ring (bicyclic) bond motifs is 2. The second-order valence-electron chi connectivity index (χ2n) is 8.91. The summed E-state index contributed by atoms with van der Waals surface area (Å²) in [5.41, 5.74) is 4.98. The van der Waals surface area contributed by atoms with Crippen molar-refractivity contribution < 1.29 is 28.8 Å². The van der Waals surface area contributed by atoms with Gasteiger partial charge in [0, 0.05) is 34.3 Å². The summed E-state index contributed by atoms with van der Waals surface area (Å²) in [7, 11) is 6.32. The number of benzene rings is 3. The maximum absolute atomic E-state index is 12.9. The van der Waals surface area contributed by atoms with Crippen LogP contribution in [0.1, 0.15) is 22.3 Å². The van der Waals surface area contributed by atoms with Crippen LogP contribution in [-0.4, -0.2) is 44.0 Å². The Morgan fingerprint density at radius 2 is 1.63 bits per heavy atom. The third-order valence-corrected chi connectivity index (χ3v) is 7.10. The number of carbonyl (C=O) groups excluding carboxylic acids is 1. The van der Waals surface area contributed by atoms with Crippen LogP contribution in [0.25, 0.3) is 22.6 Å². The molecule has 4 aromatic rings. The lowest BCUT2D eigenvalue weighted by Crippen LogP contribution is -2.04. The lowest BCUT2D eigenvalue weighted by Gasteiger charge is -2.15. The Labute approximate surface area is 224 Å². The second kappa shape index (κ2) is 9.87. The van der Waals surface area contributed by atoms with Gasteiger partial charge in [0.1, 0.15) is 16.7 Å². The van der Waals surface area contributed by atoms with Gasteiger partial charge in [-0.2, -0.15) is 0 Å². The van der Waals surface area contributed by atoms with Crippen molar-refractivity contribution in [3.63, 3.8) is 0 Å². The number of aromatic hydroxyl groups is 1. The molecule has 2 N–H and O–H groups in total. The van der Waals surface area contributed by atoms with Crippen molar-refractivity contribution in [2.24, 2.45) is 0 Å². The molecule has 0 spiro atoms. The molecule has 8 nitrogen and oxygen atoms in total. The Morgan fingerprint density at radius 3 is 2.26 bits per heavy atom. The summed E-state index contributed by atoms with van der Waals surface area (Å²) < 4.78 is 24.1. The number of nitrogens with zero attached hydrogens (tertiary/aromatic N) is 1. The van der Waals surface area contributed by atoms with Gasteiger partial charge in [0.25, 0.3) is 5.91 Å². The number of carbonyl (C=O) groups is 1. The van der Waals surface area contributed by atoms with Crippen LogP contribution >= 0.6 is 11.6 Å². The zero-order valence-electron chi connectivity index (χ0n) is 21.6. The van der Waals surface area contributed by atoms with Crippen LogP contribution < -0.4 is 24.3 Å². The lowest BCUT2D eigenvalue weighted by atomic mass is 10.0. The number of hydrogen-bond acceptors (Lipinski definition) is 6. The van der Waals surface area contributed by atoms with Crippen molar-refractivity contribution in [1.29, 1.82) is 0 Å². The molecule has 3 aromatic carbocycles. The minimum atomic E-state index is -0.272. The summed E-state index contributed by atoms with van der Waals surface area (Å²) in [4.78, 5) is 12.9. The SMILES string of the molecule is COc1cc2c(/C=C3/C(=O)Nc4ccc(O)cc43)c(Cl)n(Cc3cc(OC)c(OC)c(OC)c3)c2cc1C. The Balaban J connectivity index is 1.72. The largest absolute Gasteiger partial charge is 0.508 e. The van der Waals surface area contributed by atoms with Crippen molar-refractivity contribution in [2.45, 2.75) is 13.5 Å². The van der Waals surface area contributed by atoms with E-state index in [0.29, 0.717) is 57.1 Å². The number of nitrogens with one attached hydrogen (secondary N) is 1. The second-order valence-corrected chi connectivity index (χ2v) is 9.26. The average Bonchev–Trinajstić information content (AvgIpc) is 3.35. The molecule has 0 bridgehead atoms. The van der Waals surface area contributed by atoms with E-state index in [1.54, 1.807) is 46.6 Å². The van der Waals surface area contributed by atoms with Gasteiger partial charge in [0.15, 0.2) is 11.5 Å². The molecule has 0 aliphatic carbocycles. The van der Waals surface area contributed by atoms with Gasteiger partial charge >= 0.3 is 0 Å². The van der Waals surface area contributed by atoms with Crippen molar-refractivity contribution in [3.8, 4) is 28.7 Å². The number of aromatic nitrogens is 1. The van der Waals surface area contributed by atoms with Gasteiger partial charge in [-0.05, 0) is 66.6 Å². The summed E-state index contributed by atoms with van der Waals surface area (Å²) in [5.74, 6) is 2.07. The van der Waals surface area contributed by atoms with Gasteiger partial charge in [-0.25, -0.2) is 0 Å². The van der Waals surface area contributed by atoms with E-state index < -0.39 is 0 Å². The van der Waals surface area contributed by atoms with Gasteiger partial charge in [-0.15, -0.1) is 0 Å². The van der Waals surface area contributed by atoms with Crippen LogP contribution in [0, 0.1) is 6.92 Å². The number of hydrogen-bond donors (Lipinski definition) is 2. The molecule has 0 atom stereocenters.